The Morgan fingerprint density at radius 3 is 2.94 bits per heavy atom. The lowest BCUT2D eigenvalue weighted by Gasteiger charge is -2.03. The van der Waals surface area contributed by atoms with E-state index < -0.39 is 0 Å². The van der Waals surface area contributed by atoms with Crippen molar-refractivity contribution in [2.45, 2.75) is 11.7 Å². The van der Waals surface area contributed by atoms with Gasteiger partial charge in [0, 0.05) is 17.6 Å². The molecule has 0 saturated heterocycles. The van der Waals surface area contributed by atoms with Gasteiger partial charge in [0.2, 0.25) is 5.16 Å². The normalized spacial score (nSPS) is 10.8. The highest BCUT2D eigenvalue weighted by atomic mass is 35.5. The topological polar surface area (TPSA) is 60.2 Å². The van der Waals surface area contributed by atoms with E-state index in [9.17, 15) is 0 Å². The molecule has 2 rings (SSSR count). The minimum Gasteiger partial charge on any atom is -0.342 e. The number of rotatable bonds is 6. The first kappa shape index (κ1) is 13.3. The molecule has 0 unspecified atom stereocenters. The van der Waals surface area contributed by atoms with E-state index in [2.05, 4.69) is 26.9 Å². The number of quaternary nitrogens is 1. The van der Waals surface area contributed by atoms with Crippen molar-refractivity contribution >= 4 is 23.4 Å². The molecule has 0 amide bonds. The standard InChI is InChI=1S/C11H14ClN5S/c1-17-11(14-15-16-17)18-7-6-13-8-9-4-2-3-5-10(9)12/h2-5,13H,6-8H2,1H3/p+1. The number of benzene rings is 1. The smallest absolute Gasteiger partial charge is 0.209 e. The van der Waals surface area contributed by atoms with E-state index in [-0.39, 0.29) is 0 Å². The van der Waals surface area contributed by atoms with Gasteiger partial charge in [-0.1, -0.05) is 41.6 Å². The number of thioether (sulfide) groups is 1. The maximum atomic E-state index is 6.08. The Morgan fingerprint density at radius 2 is 2.22 bits per heavy atom. The second-order valence-corrected chi connectivity index (χ2v) is 5.28. The number of aryl methyl sites for hydroxylation is 1. The molecule has 0 atom stereocenters. The van der Waals surface area contributed by atoms with E-state index in [1.54, 1.807) is 16.4 Å². The van der Waals surface area contributed by atoms with Gasteiger partial charge in [-0.15, -0.1) is 5.10 Å². The Hall–Kier alpha value is -1.11. The van der Waals surface area contributed by atoms with Crippen molar-refractivity contribution in [1.29, 1.82) is 0 Å². The molecule has 0 spiro atoms. The Kier molecular flexibility index (Phi) is 4.98. The monoisotopic (exact) mass is 284 g/mol. The zero-order chi connectivity index (χ0) is 12.8. The number of tetrazole rings is 1. The molecule has 2 aromatic rings. The molecular weight excluding hydrogens is 270 g/mol. The number of hydrogen-bond donors (Lipinski definition) is 1. The van der Waals surface area contributed by atoms with E-state index in [0.29, 0.717) is 0 Å². The number of hydrogen-bond acceptors (Lipinski definition) is 4. The van der Waals surface area contributed by atoms with Gasteiger partial charge in [0.15, 0.2) is 0 Å². The Labute approximate surface area is 115 Å². The molecule has 5 nitrogen and oxygen atoms in total. The van der Waals surface area contributed by atoms with Gasteiger partial charge in [-0.25, -0.2) is 4.68 Å². The van der Waals surface area contributed by atoms with Crippen molar-refractivity contribution in [3.8, 4) is 0 Å². The van der Waals surface area contributed by atoms with Crippen LogP contribution in [-0.4, -0.2) is 32.5 Å². The highest BCUT2D eigenvalue weighted by molar-refractivity contribution is 7.99. The molecule has 0 aliphatic rings. The summed E-state index contributed by atoms with van der Waals surface area (Å²) in [5.74, 6) is 0.971. The van der Waals surface area contributed by atoms with E-state index in [0.717, 1.165) is 29.0 Å². The lowest BCUT2D eigenvalue weighted by atomic mass is 10.2. The molecule has 0 radical (unpaired) electrons. The maximum Gasteiger partial charge on any atom is 0.209 e. The predicted octanol–water partition coefficient (Wildman–Crippen LogP) is 0.719. The average Bonchev–Trinajstić information content (AvgIpc) is 2.77. The van der Waals surface area contributed by atoms with Gasteiger partial charge in [0.1, 0.15) is 6.54 Å². The fourth-order valence-corrected chi connectivity index (χ4v) is 2.50. The molecule has 0 bridgehead atoms. The molecule has 1 aromatic carbocycles. The third kappa shape index (κ3) is 3.69. The zero-order valence-corrected chi connectivity index (χ0v) is 11.7. The van der Waals surface area contributed by atoms with Crippen molar-refractivity contribution in [1.82, 2.24) is 20.2 Å². The van der Waals surface area contributed by atoms with Crippen LogP contribution in [-0.2, 0) is 13.6 Å². The van der Waals surface area contributed by atoms with E-state index in [4.69, 9.17) is 11.6 Å². The van der Waals surface area contributed by atoms with Crippen molar-refractivity contribution in [3.63, 3.8) is 0 Å². The lowest BCUT2D eigenvalue weighted by Crippen LogP contribution is -2.83. The minimum atomic E-state index is 0.832. The van der Waals surface area contributed by atoms with Gasteiger partial charge in [-0.2, -0.15) is 0 Å². The molecular formula is C11H15ClN5S+. The summed E-state index contributed by atoms with van der Waals surface area (Å²) in [6.07, 6.45) is 0. The molecule has 2 N–H and O–H groups in total. The van der Waals surface area contributed by atoms with Gasteiger partial charge in [0.05, 0.1) is 12.3 Å². The minimum absolute atomic E-state index is 0.832. The molecule has 7 heteroatoms. The van der Waals surface area contributed by atoms with Gasteiger partial charge in [-0.3, -0.25) is 0 Å². The Bertz CT molecular complexity index is 502. The zero-order valence-electron chi connectivity index (χ0n) is 10.1. The van der Waals surface area contributed by atoms with Crippen LogP contribution in [0.1, 0.15) is 5.56 Å². The number of nitrogens with zero attached hydrogens (tertiary/aromatic N) is 4. The van der Waals surface area contributed by atoms with Gasteiger partial charge < -0.3 is 5.32 Å². The fourth-order valence-electron chi connectivity index (χ4n) is 1.50. The van der Waals surface area contributed by atoms with E-state index >= 15 is 0 Å². The summed E-state index contributed by atoms with van der Waals surface area (Å²) < 4.78 is 1.68. The van der Waals surface area contributed by atoms with Crippen LogP contribution in [0.4, 0.5) is 0 Å². The SMILES string of the molecule is Cn1nnnc1SCC[NH2+]Cc1ccccc1Cl. The van der Waals surface area contributed by atoms with Crippen LogP contribution >= 0.6 is 23.4 Å². The van der Waals surface area contributed by atoms with E-state index in [1.165, 1.54) is 5.56 Å². The summed E-state index contributed by atoms with van der Waals surface area (Å²) in [5.41, 5.74) is 1.17. The molecule has 0 aliphatic carbocycles. The van der Waals surface area contributed by atoms with Crippen LogP contribution in [0, 0.1) is 0 Å². The van der Waals surface area contributed by atoms with Crippen LogP contribution in [0.3, 0.4) is 0 Å². The first-order chi connectivity index (χ1) is 8.77. The molecule has 96 valence electrons. The quantitative estimate of drug-likeness (QED) is 0.627. The van der Waals surface area contributed by atoms with Crippen molar-refractivity contribution in [2.75, 3.05) is 12.3 Å². The second-order valence-electron chi connectivity index (χ2n) is 3.81. The first-order valence-corrected chi connectivity index (χ1v) is 7.04. The van der Waals surface area contributed by atoms with Crippen LogP contribution in [0.5, 0.6) is 0 Å². The second kappa shape index (κ2) is 6.72. The number of halogens is 1. The van der Waals surface area contributed by atoms with Crippen molar-refractivity contribution < 1.29 is 5.32 Å². The molecule has 0 saturated carbocycles. The largest absolute Gasteiger partial charge is 0.342 e. The highest BCUT2D eigenvalue weighted by Crippen LogP contribution is 2.13. The number of aromatic nitrogens is 4. The average molecular weight is 285 g/mol. The van der Waals surface area contributed by atoms with Crippen molar-refractivity contribution in [3.05, 3.63) is 34.9 Å². The Morgan fingerprint density at radius 1 is 1.39 bits per heavy atom. The van der Waals surface area contributed by atoms with Crippen molar-refractivity contribution in [2.24, 2.45) is 7.05 Å². The molecule has 1 aromatic heterocycles. The van der Waals surface area contributed by atoms with Gasteiger partial charge in [-0.05, 0) is 16.5 Å². The summed E-state index contributed by atoms with van der Waals surface area (Å²) in [5, 5.41) is 15.2. The molecule has 1 heterocycles. The van der Waals surface area contributed by atoms with Gasteiger partial charge in [0.25, 0.3) is 0 Å². The summed E-state index contributed by atoms with van der Waals surface area (Å²) in [6.45, 7) is 1.90. The lowest BCUT2D eigenvalue weighted by molar-refractivity contribution is -0.666. The summed E-state index contributed by atoms with van der Waals surface area (Å²) in [6, 6.07) is 7.93. The molecule has 18 heavy (non-hydrogen) atoms. The van der Waals surface area contributed by atoms with Crippen LogP contribution in [0.25, 0.3) is 0 Å². The molecule has 0 aliphatic heterocycles. The first-order valence-electron chi connectivity index (χ1n) is 5.67. The highest BCUT2D eigenvalue weighted by Gasteiger charge is 2.04. The van der Waals surface area contributed by atoms with Crippen LogP contribution < -0.4 is 5.32 Å². The van der Waals surface area contributed by atoms with Crippen LogP contribution in [0.15, 0.2) is 29.4 Å². The van der Waals surface area contributed by atoms with Crippen LogP contribution in [0.2, 0.25) is 5.02 Å². The molecule has 0 fully saturated rings. The maximum absolute atomic E-state index is 6.08. The van der Waals surface area contributed by atoms with Gasteiger partial charge >= 0.3 is 0 Å². The Balaban J connectivity index is 1.68. The summed E-state index contributed by atoms with van der Waals surface area (Å²) in [4.78, 5) is 0. The van der Waals surface area contributed by atoms with E-state index in [1.807, 2.05) is 25.2 Å². The third-order valence-electron chi connectivity index (χ3n) is 2.46. The fraction of sp³-hybridized carbons (Fsp3) is 0.364. The predicted molar refractivity (Wildman–Crippen MR) is 71.5 cm³/mol. The summed E-state index contributed by atoms with van der Waals surface area (Å²) in [7, 11) is 1.84. The number of nitrogens with two attached hydrogens (primary N) is 1. The third-order valence-corrected chi connectivity index (χ3v) is 3.87. The summed E-state index contributed by atoms with van der Waals surface area (Å²) >= 11 is 7.74.